The van der Waals surface area contributed by atoms with Crippen LogP contribution in [0.1, 0.15) is 24.9 Å². The second kappa shape index (κ2) is 4.67. The maximum atomic E-state index is 11.9. The molecule has 1 saturated heterocycles. The summed E-state index contributed by atoms with van der Waals surface area (Å²) in [6.45, 7) is 2.46. The van der Waals surface area contributed by atoms with Crippen LogP contribution < -0.4 is 0 Å². The van der Waals surface area contributed by atoms with Crippen LogP contribution in [0.5, 0.6) is 0 Å². The minimum absolute atomic E-state index is 0.00394. The lowest BCUT2D eigenvalue weighted by molar-refractivity contribution is -0.129. The van der Waals surface area contributed by atoms with Crippen LogP contribution in [-0.2, 0) is 4.79 Å². The van der Waals surface area contributed by atoms with Gasteiger partial charge in [0.25, 0.3) is 0 Å². The van der Waals surface area contributed by atoms with Gasteiger partial charge in [-0.25, -0.2) is 0 Å². The van der Waals surface area contributed by atoms with Crippen molar-refractivity contribution in [1.29, 1.82) is 0 Å². The summed E-state index contributed by atoms with van der Waals surface area (Å²) in [4.78, 5) is 13.7. The van der Waals surface area contributed by atoms with Crippen molar-refractivity contribution in [3.63, 3.8) is 0 Å². The van der Waals surface area contributed by atoms with Crippen molar-refractivity contribution < 1.29 is 9.90 Å². The van der Waals surface area contributed by atoms with E-state index in [9.17, 15) is 9.90 Å². The summed E-state index contributed by atoms with van der Waals surface area (Å²) in [6, 6.07) is 14.3. The van der Waals surface area contributed by atoms with E-state index in [0.29, 0.717) is 6.54 Å². The van der Waals surface area contributed by atoms with Crippen molar-refractivity contribution >= 4 is 16.7 Å². The second-order valence-electron chi connectivity index (χ2n) is 5.15. The summed E-state index contributed by atoms with van der Waals surface area (Å²) >= 11 is 0. The third-order valence-electron chi connectivity index (χ3n) is 3.88. The van der Waals surface area contributed by atoms with Crippen LogP contribution in [0.25, 0.3) is 10.8 Å². The Hall–Kier alpha value is -1.87. The van der Waals surface area contributed by atoms with Crippen molar-refractivity contribution in [2.24, 2.45) is 0 Å². The molecule has 0 radical (unpaired) electrons. The average molecular weight is 255 g/mol. The van der Waals surface area contributed by atoms with Crippen LogP contribution in [0.3, 0.4) is 0 Å². The molecule has 1 aliphatic heterocycles. The fourth-order valence-electron chi connectivity index (χ4n) is 2.87. The minimum Gasteiger partial charge on any atom is -0.391 e. The highest BCUT2D eigenvalue weighted by Gasteiger charge is 2.32. The van der Waals surface area contributed by atoms with E-state index in [2.05, 4.69) is 24.3 Å². The molecule has 1 heterocycles. The number of aliphatic hydroxyl groups excluding tert-OH is 1. The van der Waals surface area contributed by atoms with E-state index in [1.807, 2.05) is 25.1 Å². The van der Waals surface area contributed by atoms with Gasteiger partial charge in [-0.1, -0.05) is 42.5 Å². The molecule has 1 amide bonds. The Balaban J connectivity index is 2.02. The molecular formula is C16H17NO2. The number of likely N-dealkylation sites (tertiary alicyclic amines) is 1. The maximum absolute atomic E-state index is 11.9. The number of benzene rings is 2. The predicted octanol–water partition coefficient (Wildman–Crippen LogP) is 2.49. The minimum atomic E-state index is -0.523. The molecule has 0 saturated carbocycles. The number of β-amino-alcohol motifs (C(OH)–C–C–N with tert-alkyl or cyclic N) is 1. The van der Waals surface area contributed by atoms with Gasteiger partial charge in [0.15, 0.2) is 0 Å². The van der Waals surface area contributed by atoms with Gasteiger partial charge < -0.3 is 10.0 Å². The molecule has 19 heavy (non-hydrogen) atoms. The van der Waals surface area contributed by atoms with E-state index in [1.54, 1.807) is 4.90 Å². The monoisotopic (exact) mass is 255 g/mol. The molecule has 98 valence electrons. The summed E-state index contributed by atoms with van der Waals surface area (Å²) in [7, 11) is 0. The zero-order valence-electron chi connectivity index (χ0n) is 10.9. The van der Waals surface area contributed by atoms with Gasteiger partial charge in [-0.15, -0.1) is 0 Å². The number of amides is 1. The summed E-state index contributed by atoms with van der Waals surface area (Å²) in [5.41, 5.74) is 1.14. The lowest BCUT2D eigenvalue weighted by atomic mass is 9.99. The first-order valence-electron chi connectivity index (χ1n) is 6.62. The second-order valence-corrected chi connectivity index (χ2v) is 5.15. The SMILES string of the molecule is C[C@@H](c1cccc2ccccc12)N1CC(O)CC1=O. The Bertz CT molecular complexity index is 618. The number of aliphatic hydroxyl groups is 1. The average Bonchev–Trinajstić information content (AvgIpc) is 2.76. The molecule has 0 bridgehead atoms. The van der Waals surface area contributed by atoms with E-state index in [0.717, 1.165) is 5.56 Å². The highest BCUT2D eigenvalue weighted by Crippen LogP contribution is 2.30. The van der Waals surface area contributed by atoms with Crippen molar-refractivity contribution in [1.82, 2.24) is 4.90 Å². The number of fused-ring (bicyclic) bond motifs is 1. The molecule has 1 fully saturated rings. The van der Waals surface area contributed by atoms with Gasteiger partial charge in [0.1, 0.15) is 0 Å². The number of nitrogens with zero attached hydrogens (tertiary/aromatic N) is 1. The molecule has 3 heteroatoms. The lowest BCUT2D eigenvalue weighted by Crippen LogP contribution is -2.29. The van der Waals surface area contributed by atoms with Gasteiger partial charge in [0.2, 0.25) is 5.91 Å². The van der Waals surface area contributed by atoms with Gasteiger partial charge in [-0.2, -0.15) is 0 Å². The molecule has 1 N–H and O–H groups in total. The number of hydrogen-bond acceptors (Lipinski definition) is 2. The van der Waals surface area contributed by atoms with Crippen molar-refractivity contribution in [2.45, 2.75) is 25.5 Å². The van der Waals surface area contributed by atoms with E-state index in [-0.39, 0.29) is 18.4 Å². The van der Waals surface area contributed by atoms with Gasteiger partial charge in [-0.3, -0.25) is 4.79 Å². The summed E-state index contributed by atoms with van der Waals surface area (Å²) in [5.74, 6) is 0.0351. The summed E-state index contributed by atoms with van der Waals surface area (Å²) < 4.78 is 0. The van der Waals surface area contributed by atoms with Crippen LogP contribution in [0.15, 0.2) is 42.5 Å². The van der Waals surface area contributed by atoms with Gasteiger partial charge in [-0.05, 0) is 23.3 Å². The molecule has 0 spiro atoms. The zero-order valence-corrected chi connectivity index (χ0v) is 10.9. The number of rotatable bonds is 2. The standard InChI is InChI=1S/C16H17NO2/c1-11(17-10-13(18)9-16(17)19)14-8-4-6-12-5-2-3-7-15(12)14/h2-8,11,13,18H,9-10H2,1H3/t11-,13?/m0/s1. The largest absolute Gasteiger partial charge is 0.391 e. The third kappa shape index (κ3) is 2.10. The molecule has 2 atom stereocenters. The number of hydrogen-bond donors (Lipinski definition) is 1. The number of carbonyl (C=O) groups is 1. The van der Waals surface area contributed by atoms with Gasteiger partial charge >= 0.3 is 0 Å². The fraction of sp³-hybridized carbons (Fsp3) is 0.312. The van der Waals surface area contributed by atoms with E-state index in [4.69, 9.17) is 0 Å². The normalized spacial score (nSPS) is 21.1. The van der Waals surface area contributed by atoms with Crippen molar-refractivity contribution in [3.8, 4) is 0 Å². The maximum Gasteiger partial charge on any atom is 0.225 e. The Morgan fingerprint density at radius 3 is 2.68 bits per heavy atom. The first-order chi connectivity index (χ1) is 9.16. The summed E-state index contributed by atoms with van der Waals surface area (Å²) in [6.07, 6.45) is -0.278. The zero-order chi connectivity index (χ0) is 13.4. The van der Waals surface area contributed by atoms with E-state index < -0.39 is 6.10 Å². The van der Waals surface area contributed by atoms with Gasteiger partial charge in [0, 0.05) is 6.54 Å². The number of carbonyl (C=O) groups excluding carboxylic acids is 1. The fourth-order valence-corrected chi connectivity index (χ4v) is 2.87. The Labute approximate surface area is 112 Å². The Kier molecular flexibility index (Phi) is 2.99. The molecule has 0 aliphatic carbocycles. The molecule has 3 nitrogen and oxygen atoms in total. The highest BCUT2D eigenvalue weighted by molar-refractivity contribution is 5.87. The molecular weight excluding hydrogens is 238 g/mol. The first-order valence-corrected chi connectivity index (χ1v) is 6.62. The smallest absolute Gasteiger partial charge is 0.225 e. The van der Waals surface area contributed by atoms with Crippen molar-refractivity contribution in [2.75, 3.05) is 6.54 Å². The molecule has 0 aromatic heterocycles. The Morgan fingerprint density at radius 1 is 1.21 bits per heavy atom. The molecule has 1 aliphatic rings. The third-order valence-corrected chi connectivity index (χ3v) is 3.88. The highest BCUT2D eigenvalue weighted by atomic mass is 16.3. The summed E-state index contributed by atoms with van der Waals surface area (Å²) in [5, 5.41) is 12.0. The van der Waals surface area contributed by atoms with Crippen LogP contribution in [0.4, 0.5) is 0 Å². The lowest BCUT2D eigenvalue weighted by Gasteiger charge is -2.25. The molecule has 2 aromatic carbocycles. The quantitative estimate of drug-likeness (QED) is 0.895. The molecule has 1 unspecified atom stereocenters. The van der Waals surface area contributed by atoms with Crippen LogP contribution in [0, 0.1) is 0 Å². The van der Waals surface area contributed by atoms with Crippen LogP contribution in [0.2, 0.25) is 0 Å². The molecule has 2 aromatic rings. The first kappa shape index (κ1) is 12.2. The van der Waals surface area contributed by atoms with E-state index in [1.165, 1.54) is 10.8 Å². The van der Waals surface area contributed by atoms with Crippen LogP contribution in [-0.4, -0.2) is 28.6 Å². The van der Waals surface area contributed by atoms with E-state index >= 15 is 0 Å². The Morgan fingerprint density at radius 2 is 1.95 bits per heavy atom. The predicted molar refractivity (Wildman–Crippen MR) is 74.7 cm³/mol. The van der Waals surface area contributed by atoms with Gasteiger partial charge in [0.05, 0.1) is 18.6 Å². The molecule has 3 rings (SSSR count). The van der Waals surface area contributed by atoms with Crippen LogP contribution >= 0.6 is 0 Å². The topological polar surface area (TPSA) is 40.5 Å². The van der Waals surface area contributed by atoms with Crippen molar-refractivity contribution in [3.05, 3.63) is 48.0 Å².